The number of rotatable bonds is 9. The highest BCUT2D eigenvalue weighted by Gasteiger charge is 2.34. The molecule has 12 heteroatoms. The molecule has 0 aliphatic carbocycles. The summed E-state index contributed by atoms with van der Waals surface area (Å²) in [6.45, 7) is 8.80. The van der Waals surface area contributed by atoms with Gasteiger partial charge in [-0.1, -0.05) is 6.92 Å². The van der Waals surface area contributed by atoms with Crippen LogP contribution in [-0.2, 0) is 32.5 Å². The summed E-state index contributed by atoms with van der Waals surface area (Å²) in [7, 11) is -3.77. The molecular weight excluding hydrogens is 576 g/mol. The number of hydrogen-bond acceptors (Lipinski definition) is 8. The van der Waals surface area contributed by atoms with E-state index in [-0.39, 0.29) is 41.7 Å². The fourth-order valence-corrected chi connectivity index (χ4v) is 8.80. The van der Waals surface area contributed by atoms with Crippen molar-refractivity contribution in [3.8, 4) is 0 Å². The van der Waals surface area contributed by atoms with Gasteiger partial charge in [0, 0.05) is 49.7 Å². The number of nitrogens with one attached hydrogen (secondary N) is 1. The van der Waals surface area contributed by atoms with Crippen LogP contribution in [0.4, 0.5) is 5.00 Å². The summed E-state index contributed by atoms with van der Waals surface area (Å²) < 4.78 is 33.0. The van der Waals surface area contributed by atoms with Gasteiger partial charge in [-0.2, -0.15) is 4.31 Å². The molecule has 228 valence electrons. The number of sulfonamides is 1. The summed E-state index contributed by atoms with van der Waals surface area (Å²) in [5.74, 6) is -0.964. The first-order valence-corrected chi connectivity index (χ1v) is 17.2. The second-order valence-corrected chi connectivity index (χ2v) is 14.2. The minimum absolute atomic E-state index is 0.0163. The van der Waals surface area contributed by atoms with E-state index < -0.39 is 10.0 Å². The van der Waals surface area contributed by atoms with Crippen LogP contribution in [0, 0.1) is 5.92 Å². The molecule has 2 fully saturated rings. The molecule has 1 aromatic carbocycles. The molecule has 0 atom stereocenters. The second-order valence-electron chi connectivity index (χ2n) is 11.1. The van der Waals surface area contributed by atoms with Crippen LogP contribution in [-0.4, -0.2) is 86.2 Å². The predicted octanol–water partition coefficient (Wildman–Crippen LogP) is 3.97. The highest BCUT2D eigenvalue weighted by atomic mass is 32.2. The highest BCUT2D eigenvalue weighted by molar-refractivity contribution is 7.89. The van der Waals surface area contributed by atoms with Gasteiger partial charge in [-0.15, -0.1) is 11.3 Å². The molecule has 2 amide bonds. The molecule has 1 aromatic heterocycles. The van der Waals surface area contributed by atoms with Gasteiger partial charge < -0.3 is 15.0 Å². The summed E-state index contributed by atoms with van der Waals surface area (Å²) in [5, 5.41) is 3.56. The number of piperidine rings is 1. The fourth-order valence-electron chi connectivity index (χ4n) is 6.05. The summed E-state index contributed by atoms with van der Waals surface area (Å²) in [4.78, 5) is 44.5. The number of thiophene rings is 1. The third kappa shape index (κ3) is 6.41. The van der Waals surface area contributed by atoms with Gasteiger partial charge in [-0.3, -0.25) is 19.3 Å². The van der Waals surface area contributed by atoms with E-state index in [2.05, 4.69) is 17.1 Å². The topological polar surface area (TPSA) is 116 Å². The van der Waals surface area contributed by atoms with E-state index in [0.29, 0.717) is 35.6 Å². The van der Waals surface area contributed by atoms with Gasteiger partial charge in [0.15, 0.2) is 0 Å². The van der Waals surface area contributed by atoms with E-state index in [1.54, 1.807) is 6.92 Å². The molecule has 42 heavy (non-hydrogen) atoms. The van der Waals surface area contributed by atoms with Crippen molar-refractivity contribution >= 4 is 44.1 Å². The van der Waals surface area contributed by atoms with Gasteiger partial charge in [-0.25, -0.2) is 8.42 Å². The van der Waals surface area contributed by atoms with Crippen LogP contribution in [0.15, 0.2) is 29.2 Å². The number of nitrogens with zero attached hydrogens (tertiary/aromatic N) is 3. The van der Waals surface area contributed by atoms with E-state index in [4.69, 9.17) is 4.74 Å². The molecule has 1 N–H and O–H groups in total. The Balaban J connectivity index is 1.30. The number of amides is 2. The maximum atomic E-state index is 13.6. The predicted molar refractivity (Wildman–Crippen MR) is 161 cm³/mol. The van der Waals surface area contributed by atoms with Crippen molar-refractivity contribution < 1.29 is 27.5 Å². The van der Waals surface area contributed by atoms with Crippen LogP contribution >= 0.6 is 11.3 Å². The van der Waals surface area contributed by atoms with Crippen LogP contribution in [0.3, 0.4) is 0 Å². The molecule has 3 aliphatic rings. The molecule has 0 spiro atoms. The quantitative estimate of drug-likeness (QED) is 0.424. The lowest BCUT2D eigenvalue weighted by molar-refractivity contribution is -0.149. The Labute approximate surface area is 252 Å². The average Bonchev–Trinajstić information content (AvgIpc) is 3.65. The Morgan fingerprint density at radius 2 is 1.69 bits per heavy atom. The molecule has 5 rings (SSSR count). The van der Waals surface area contributed by atoms with E-state index in [9.17, 15) is 22.8 Å². The largest absolute Gasteiger partial charge is 0.466 e. The Morgan fingerprint density at radius 3 is 2.33 bits per heavy atom. The van der Waals surface area contributed by atoms with Crippen LogP contribution in [0.25, 0.3) is 0 Å². The molecule has 2 saturated heterocycles. The van der Waals surface area contributed by atoms with Gasteiger partial charge in [0.25, 0.3) is 11.8 Å². The van der Waals surface area contributed by atoms with Crippen LogP contribution in [0.1, 0.15) is 77.1 Å². The smallest absolute Gasteiger partial charge is 0.309 e. The Hall–Kier alpha value is -2.80. The van der Waals surface area contributed by atoms with Crippen molar-refractivity contribution in [2.45, 2.75) is 63.8 Å². The molecule has 4 heterocycles. The summed E-state index contributed by atoms with van der Waals surface area (Å²) in [6.07, 6.45) is 4.64. The minimum Gasteiger partial charge on any atom is -0.466 e. The average molecular weight is 617 g/mol. The van der Waals surface area contributed by atoms with E-state index in [1.165, 1.54) is 39.9 Å². The first-order valence-electron chi connectivity index (χ1n) is 15.0. The number of hydrogen-bond donors (Lipinski definition) is 1. The molecule has 0 unspecified atom stereocenters. The Morgan fingerprint density at radius 1 is 1.00 bits per heavy atom. The Bertz CT molecular complexity index is 1410. The number of esters is 1. The van der Waals surface area contributed by atoms with E-state index >= 15 is 0 Å². The zero-order valence-corrected chi connectivity index (χ0v) is 26.0. The minimum atomic E-state index is -3.77. The van der Waals surface area contributed by atoms with E-state index in [0.717, 1.165) is 68.8 Å². The highest BCUT2D eigenvalue weighted by Crippen LogP contribution is 2.39. The number of likely N-dealkylation sites (tertiary alicyclic amines) is 1. The number of fused-ring (bicyclic) bond motifs is 1. The molecular formula is C30H40N4O6S2. The SMILES string of the molecule is CCCN1CCc2c(sc(NC(=O)c3ccc(S(=O)(=O)N4CCC(C(=O)OCC)CC4)cc3)c2C(=O)N2CCCC2)C1. The van der Waals surface area contributed by atoms with Crippen molar-refractivity contribution in [2.75, 3.05) is 51.2 Å². The number of benzene rings is 1. The van der Waals surface area contributed by atoms with Crippen molar-refractivity contribution in [2.24, 2.45) is 5.92 Å². The molecule has 0 saturated carbocycles. The molecule has 0 radical (unpaired) electrons. The molecule has 2 aromatic rings. The molecule has 10 nitrogen and oxygen atoms in total. The van der Waals surface area contributed by atoms with Crippen molar-refractivity contribution in [1.82, 2.24) is 14.1 Å². The van der Waals surface area contributed by atoms with Crippen molar-refractivity contribution in [1.29, 1.82) is 0 Å². The third-order valence-corrected chi connectivity index (χ3v) is 11.4. The lowest BCUT2D eigenvalue weighted by atomic mass is 9.98. The molecule has 0 bridgehead atoms. The van der Waals surface area contributed by atoms with E-state index in [1.807, 2.05) is 4.90 Å². The number of carbonyl (C=O) groups excluding carboxylic acids is 3. The van der Waals surface area contributed by atoms with Crippen molar-refractivity contribution in [3.05, 3.63) is 45.8 Å². The number of ether oxygens (including phenoxy) is 1. The van der Waals surface area contributed by atoms with Gasteiger partial charge in [0.05, 0.1) is 23.0 Å². The number of anilines is 1. The lowest BCUT2D eigenvalue weighted by Crippen LogP contribution is -2.40. The van der Waals surface area contributed by atoms with Gasteiger partial charge in [-0.05, 0) is 81.8 Å². The summed E-state index contributed by atoms with van der Waals surface area (Å²) >= 11 is 1.48. The Kier molecular flexibility index (Phi) is 9.66. The standard InChI is InChI=1S/C30H40N4O6S2/c1-3-14-32-17-13-24-25(20-32)41-28(26(24)29(36)33-15-5-6-16-33)31-27(35)21-7-9-23(10-8-21)42(38,39)34-18-11-22(12-19-34)30(37)40-4-2/h7-10,22H,3-6,11-20H2,1-2H3,(H,31,35). The van der Waals surface area contributed by atoms with Gasteiger partial charge in [0.1, 0.15) is 5.00 Å². The first-order chi connectivity index (χ1) is 20.2. The maximum absolute atomic E-state index is 13.6. The summed E-state index contributed by atoms with van der Waals surface area (Å²) in [5.41, 5.74) is 1.98. The van der Waals surface area contributed by atoms with Gasteiger partial charge in [0.2, 0.25) is 10.0 Å². The summed E-state index contributed by atoms with van der Waals surface area (Å²) in [6, 6.07) is 5.90. The second kappa shape index (κ2) is 13.2. The normalized spacial score (nSPS) is 18.6. The monoisotopic (exact) mass is 616 g/mol. The van der Waals surface area contributed by atoms with Crippen LogP contribution in [0.2, 0.25) is 0 Å². The lowest BCUT2D eigenvalue weighted by Gasteiger charge is -2.30. The third-order valence-electron chi connectivity index (χ3n) is 8.34. The van der Waals surface area contributed by atoms with Crippen LogP contribution < -0.4 is 5.32 Å². The first kappa shape index (κ1) is 30.7. The zero-order chi connectivity index (χ0) is 29.9. The van der Waals surface area contributed by atoms with Gasteiger partial charge >= 0.3 is 5.97 Å². The zero-order valence-electron chi connectivity index (χ0n) is 24.4. The maximum Gasteiger partial charge on any atom is 0.309 e. The number of carbonyl (C=O) groups is 3. The van der Waals surface area contributed by atoms with Crippen LogP contribution in [0.5, 0.6) is 0 Å². The van der Waals surface area contributed by atoms with Crippen molar-refractivity contribution in [3.63, 3.8) is 0 Å². The molecule has 3 aliphatic heterocycles. The fraction of sp³-hybridized carbons (Fsp3) is 0.567.